The Morgan fingerprint density at radius 1 is 0.612 bits per heavy atom. The van der Waals surface area contributed by atoms with E-state index in [0.717, 1.165) is 0 Å². The van der Waals surface area contributed by atoms with E-state index in [0.29, 0.717) is 27.6 Å². The number of carbonyl (C=O) groups excluding carboxylic acids is 7. The Hall–Kier alpha value is -8.01. The van der Waals surface area contributed by atoms with Gasteiger partial charge in [0, 0.05) is 42.9 Å². The van der Waals surface area contributed by atoms with E-state index in [2.05, 4.69) is 41.9 Å². The number of phenols is 1. The van der Waals surface area contributed by atoms with Gasteiger partial charge < -0.3 is 70.0 Å². The van der Waals surface area contributed by atoms with Crippen molar-refractivity contribution in [3.8, 4) is 5.75 Å². The average Bonchev–Trinajstić information content (AvgIpc) is 3.69. The number of nitrogens with zero attached hydrogens (tertiary/aromatic N) is 1. The number of benzene rings is 3. The first kappa shape index (κ1) is 51.6. The fourth-order valence-corrected chi connectivity index (χ4v) is 6.82. The minimum atomic E-state index is -1.67. The second kappa shape index (κ2) is 24.9. The number of amides is 7. The highest BCUT2D eigenvalue weighted by molar-refractivity contribution is 5.98. The smallest absolute Gasteiger partial charge is 0.325 e. The Bertz CT molecular complexity index is 2400. The quantitative estimate of drug-likeness (QED) is 0.0198. The van der Waals surface area contributed by atoms with Gasteiger partial charge in [0.15, 0.2) is 5.96 Å². The van der Waals surface area contributed by atoms with Gasteiger partial charge in [0.05, 0.1) is 12.5 Å². The van der Waals surface area contributed by atoms with Crippen molar-refractivity contribution in [1.82, 2.24) is 36.9 Å². The highest BCUT2D eigenvalue weighted by Gasteiger charge is 2.34. The number of aromatic hydroxyl groups is 1. The fraction of sp³-hybridized carbons (Fsp3) is 0.356. The molecule has 0 bridgehead atoms. The van der Waals surface area contributed by atoms with Crippen molar-refractivity contribution < 1.29 is 48.6 Å². The van der Waals surface area contributed by atoms with Gasteiger partial charge >= 0.3 is 5.97 Å². The van der Waals surface area contributed by atoms with Crippen molar-refractivity contribution in [3.63, 3.8) is 0 Å². The van der Waals surface area contributed by atoms with Gasteiger partial charge in [-0.25, -0.2) is 0 Å². The van der Waals surface area contributed by atoms with Crippen LogP contribution in [0.25, 0.3) is 10.9 Å². The Morgan fingerprint density at radius 2 is 1.10 bits per heavy atom. The lowest BCUT2D eigenvalue weighted by atomic mass is 10.0. The van der Waals surface area contributed by atoms with Gasteiger partial charge in [0.25, 0.3) is 0 Å². The maximum Gasteiger partial charge on any atom is 0.325 e. The number of para-hydroxylation sites is 1. The summed E-state index contributed by atoms with van der Waals surface area (Å²) in [7, 11) is 0. The lowest BCUT2D eigenvalue weighted by Crippen LogP contribution is -2.60. The zero-order chi connectivity index (χ0) is 49.2. The lowest BCUT2D eigenvalue weighted by molar-refractivity contribution is -0.141. The number of carbonyl (C=O) groups is 8. The molecule has 22 nitrogen and oxygen atoms in total. The second-order valence-corrected chi connectivity index (χ2v) is 15.9. The molecule has 7 amide bonds. The highest BCUT2D eigenvalue weighted by atomic mass is 16.4. The molecule has 67 heavy (non-hydrogen) atoms. The molecule has 4 rings (SSSR count). The van der Waals surface area contributed by atoms with Gasteiger partial charge in [0.1, 0.15) is 42.0 Å². The number of carboxylic acids is 1. The van der Waals surface area contributed by atoms with Crippen LogP contribution in [0.1, 0.15) is 49.8 Å². The van der Waals surface area contributed by atoms with Crippen LogP contribution in [0, 0.1) is 0 Å². The zero-order valence-electron chi connectivity index (χ0n) is 37.0. The number of aromatic amines is 1. The largest absolute Gasteiger partial charge is 0.508 e. The Labute approximate surface area is 385 Å². The fourth-order valence-electron chi connectivity index (χ4n) is 6.82. The van der Waals surface area contributed by atoms with Gasteiger partial charge in [-0.15, -0.1) is 0 Å². The molecule has 22 heteroatoms. The molecule has 0 aliphatic heterocycles. The SMILES string of the molecule is C[C@H](N)C(=O)N[C@@H](Cc1ccccc1)C(=O)N[C@@H](CC(N)=O)C(=O)N[C@@H](CCCN=C(N)N)C(=O)N[C@@H](Cc1c[nH]c2ccccc12)C(=O)N[C@@H](Cc1ccc(O)cc1)C(=O)N[C@@H](C)C(=O)O. The minimum absolute atomic E-state index is 0.00589. The summed E-state index contributed by atoms with van der Waals surface area (Å²) in [6.45, 7) is 2.66. The summed E-state index contributed by atoms with van der Waals surface area (Å²) in [5.74, 6) is -7.83. The number of hydrogen-bond acceptors (Lipinski definition) is 11. The number of carboxylic acid groups (broad SMARTS) is 1. The maximum absolute atomic E-state index is 14.4. The summed E-state index contributed by atoms with van der Waals surface area (Å²) in [5.41, 5.74) is 24.7. The van der Waals surface area contributed by atoms with Crippen molar-refractivity contribution in [2.24, 2.45) is 27.9 Å². The second-order valence-electron chi connectivity index (χ2n) is 15.9. The predicted octanol–water partition coefficient (Wildman–Crippen LogP) is -1.81. The summed E-state index contributed by atoms with van der Waals surface area (Å²) in [5, 5.41) is 35.3. The van der Waals surface area contributed by atoms with E-state index >= 15 is 0 Å². The molecule has 3 aromatic carbocycles. The molecule has 0 fully saturated rings. The first-order valence-electron chi connectivity index (χ1n) is 21.3. The number of phenolic OH excluding ortho intramolecular Hbond substituents is 1. The normalized spacial score (nSPS) is 14.1. The number of nitrogens with one attached hydrogen (secondary N) is 7. The van der Waals surface area contributed by atoms with E-state index in [4.69, 9.17) is 22.9 Å². The van der Waals surface area contributed by atoms with Gasteiger partial charge in [-0.05, 0) is 61.6 Å². The molecule has 0 saturated carbocycles. The minimum Gasteiger partial charge on any atom is -0.508 e. The van der Waals surface area contributed by atoms with Gasteiger partial charge in [-0.1, -0.05) is 60.7 Å². The topological polar surface area (TPSA) is 381 Å². The number of aromatic nitrogens is 1. The van der Waals surface area contributed by atoms with Crippen LogP contribution in [0.4, 0.5) is 0 Å². The monoisotopic (exact) mass is 926 g/mol. The van der Waals surface area contributed by atoms with Crippen LogP contribution >= 0.6 is 0 Å². The summed E-state index contributed by atoms with van der Waals surface area (Å²) in [4.78, 5) is 114. The molecule has 17 N–H and O–H groups in total. The summed E-state index contributed by atoms with van der Waals surface area (Å²) >= 11 is 0. The number of hydrogen-bond donors (Lipinski definition) is 13. The molecule has 1 heterocycles. The summed E-state index contributed by atoms with van der Waals surface area (Å²) in [6.07, 6.45) is 0.521. The van der Waals surface area contributed by atoms with Crippen molar-refractivity contribution >= 4 is 64.2 Å². The van der Waals surface area contributed by atoms with E-state index in [9.17, 15) is 48.6 Å². The number of nitrogens with two attached hydrogens (primary N) is 4. The summed E-state index contributed by atoms with van der Waals surface area (Å²) < 4.78 is 0. The third-order valence-electron chi connectivity index (χ3n) is 10.4. The van der Waals surface area contributed by atoms with Crippen LogP contribution in [-0.4, -0.2) is 117 Å². The van der Waals surface area contributed by atoms with Gasteiger partial charge in [0.2, 0.25) is 41.4 Å². The number of aliphatic imine (C=N–C) groups is 1. The molecule has 1 aromatic heterocycles. The molecule has 0 spiro atoms. The van der Waals surface area contributed by atoms with Crippen molar-refractivity contribution in [2.45, 2.75) is 94.7 Å². The van der Waals surface area contributed by atoms with Crippen molar-refractivity contribution in [3.05, 3.63) is 102 Å². The van der Waals surface area contributed by atoms with Gasteiger partial charge in [-0.2, -0.15) is 0 Å². The predicted molar refractivity (Wildman–Crippen MR) is 246 cm³/mol. The van der Waals surface area contributed by atoms with Crippen LogP contribution in [0.15, 0.2) is 90.1 Å². The molecule has 0 radical (unpaired) electrons. The van der Waals surface area contributed by atoms with Crippen LogP contribution in [0.3, 0.4) is 0 Å². The number of H-pyrrole nitrogens is 1. The molecule has 0 aliphatic carbocycles. The molecule has 0 saturated heterocycles. The Morgan fingerprint density at radius 3 is 1.69 bits per heavy atom. The Balaban J connectivity index is 1.67. The third kappa shape index (κ3) is 16.5. The van der Waals surface area contributed by atoms with Crippen molar-refractivity contribution in [1.29, 1.82) is 0 Å². The van der Waals surface area contributed by atoms with E-state index in [1.807, 2.05) is 0 Å². The number of rotatable bonds is 25. The zero-order valence-corrected chi connectivity index (χ0v) is 37.0. The van der Waals surface area contributed by atoms with Crippen molar-refractivity contribution in [2.75, 3.05) is 6.54 Å². The number of aliphatic carboxylic acids is 1. The number of fused-ring (bicyclic) bond motifs is 1. The van der Waals surface area contributed by atoms with Gasteiger partial charge in [-0.3, -0.25) is 43.3 Å². The molecule has 358 valence electrons. The van der Waals surface area contributed by atoms with E-state index in [1.165, 1.54) is 38.1 Å². The maximum atomic E-state index is 14.4. The molecular formula is C45H58N12O10. The Kier molecular flexibility index (Phi) is 19.2. The standard InChI is InChI=1S/C45H58N12O10/c1-24(46)38(60)54-34(19-26-9-4-3-5-10-26)41(63)57-36(22-37(47)59)43(65)53-32(13-8-18-50-45(48)49)39(61)56-35(21-28-23-51-31-12-7-6-11-30(28)31)42(64)55-33(40(62)52-25(2)44(66)67)20-27-14-16-29(58)17-15-27/h3-7,9-12,14-17,23-25,32-36,51,58H,8,13,18-22,46H2,1-2H3,(H2,47,59)(H,52,62)(H,53,65)(H,54,60)(H,55,64)(H,56,61)(H,57,63)(H,66,67)(H4,48,49,50)/t24-,25-,32-,33-,34-,35-,36-/m0/s1. The van der Waals surface area contributed by atoms with E-state index in [1.54, 1.807) is 60.8 Å². The molecular weight excluding hydrogens is 869 g/mol. The van der Waals surface area contributed by atoms with E-state index < -0.39 is 96.0 Å². The highest BCUT2D eigenvalue weighted by Crippen LogP contribution is 2.20. The average molecular weight is 927 g/mol. The first-order chi connectivity index (χ1) is 31.8. The third-order valence-corrected chi connectivity index (χ3v) is 10.4. The number of primary amides is 1. The summed E-state index contributed by atoms with van der Waals surface area (Å²) in [6, 6.07) is 12.0. The number of guanidine groups is 1. The van der Waals surface area contributed by atoms with Crippen LogP contribution in [0.2, 0.25) is 0 Å². The molecule has 7 atom stereocenters. The molecule has 4 aromatic rings. The molecule has 0 unspecified atom stereocenters. The molecule has 0 aliphatic rings. The van der Waals surface area contributed by atoms with E-state index in [-0.39, 0.29) is 50.4 Å². The van der Waals surface area contributed by atoms with Crippen LogP contribution in [-0.2, 0) is 57.6 Å². The lowest BCUT2D eigenvalue weighted by Gasteiger charge is -2.27. The van der Waals surface area contributed by atoms with Crippen LogP contribution < -0.4 is 54.8 Å². The first-order valence-corrected chi connectivity index (χ1v) is 21.3. The van der Waals surface area contributed by atoms with Crippen LogP contribution in [0.5, 0.6) is 5.75 Å².